The van der Waals surface area contributed by atoms with Crippen LogP contribution in [0.15, 0.2) is 0 Å². The van der Waals surface area contributed by atoms with Crippen molar-refractivity contribution in [3.8, 4) is 0 Å². The highest BCUT2D eigenvalue weighted by molar-refractivity contribution is 5.76. The summed E-state index contributed by atoms with van der Waals surface area (Å²) in [5, 5.41) is 6.03. The first-order valence-corrected chi connectivity index (χ1v) is 5.32. The molecule has 0 aromatic carbocycles. The standard InChI is InChI=1S/C10H20N2O3/c1-14-10(15-2)7-12-9(13)5-6-11-8-3-4-8/h8,10-11H,3-7H2,1-2H3,(H,12,13). The van der Waals surface area contributed by atoms with Gasteiger partial charge in [-0.1, -0.05) is 0 Å². The molecular formula is C10H20N2O3. The minimum Gasteiger partial charge on any atom is -0.354 e. The molecule has 0 aromatic heterocycles. The van der Waals surface area contributed by atoms with E-state index < -0.39 is 0 Å². The van der Waals surface area contributed by atoms with Crippen LogP contribution in [-0.2, 0) is 14.3 Å². The topological polar surface area (TPSA) is 59.6 Å². The quantitative estimate of drug-likeness (QED) is 0.555. The normalized spacial score (nSPS) is 15.7. The first-order valence-electron chi connectivity index (χ1n) is 5.32. The summed E-state index contributed by atoms with van der Waals surface area (Å²) in [4.78, 5) is 11.3. The molecule has 0 radical (unpaired) electrons. The summed E-state index contributed by atoms with van der Waals surface area (Å²) in [6, 6.07) is 0.656. The molecule has 15 heavy (non-hydrogen) atoms. The maximum absolute atomic E-state index is 11.3. The molecule has 1 amide bonds. The van der Waals surface area contributed by atoms with Crippen LogP contribution in [0.1, 0.15) is 19.3 Å². The Balaban J connectivity index is 1.96. The van der Waals surface area contributed by atoms with Crippen LogP contribution in [0.4, 0.5) is 0 Å². The van der Waals surface area contributed by atoms with Crippen LogP contribution in [0.3, 0.4) is 0 Å². The van der Waals surface area contributed by atoms with Gasteiger partial charge in [-0.2, -0.15) is 0 Å². The first-order chi connectivity index (χ1) is 7.26. The predicted octanol–water partition coefficient (Wildman–Crippen LogP) is -0.136. The molecule has 0 atom stereocenters. The second kappa shape index (κ2) is 6.76. The lowest BCUT2D eigenvalue weighted by molar-refractivity contribution is -0.127. The molecule has 2 N–H and O–H groups in total. The molecule has 0 saturated heterocycles. The first kappa shape index (κ1) is 12.4. The maximum Gasteiger partial charge on any atom is 0.221 e. The van der Waals surface area contributed by atoms with E-state index in [0.29, 0.717) is 19.0 Å². The molecule has 88 valence electrons. The monoisotopic (exact) mass is 216 g/mol. The van der Waals surface area contributed by atoms with E-state index in [9.17, 15) is 4.79 Å². The summed E-state index contributed by atoms with van der Waals surface area (Å²) in [5.41, 5.74) is 0. The fourth-order valence-corrected chi connectivity index (χ4v) is 1.23. The Morgan fingerprint density at radius 3 is 2.60 bits per heavy atom. The number of carbonyl (C=O) groups is 1. The zero-order valence-electron chi connectivity index (χ0n) is 9.41. The highest BCUT2D eigenvalue weighted by atomic mass is 16.7. The van der Waals surface area contributed by atoms with E-state index in [1.165, 1.54) is 12.8 Å². The van der Waals surface area contributed by atoms with E-state index in [4.69, 9.17) is 9.47 Å². The lowest BCUT2D eigenvalue weighted by Crippen LogP contribution is -2.35. The van der Waals surface area contributed by atoms with Gasteiger partial charge in [0.05, 0.1) is 6.54 Å². The highest BCUT2D eigenvalue weighted by Crippen LogP contribution is 2.18. The Bertz CT molecular complexity index is 191. The van der Waals surface area contributed by atoms with Crippen molar-refractivity contribution in [2.45, 2.75) is 31.6 Å². The van der Waals surface area contributed by atoms with E-state index in [0.717, 1.165) is 6.54 Å². The molecular weight excluding hydrogens is 196 g/mol. The Morgan fingerprint density at radius 1 is 1.40 bits per heavy atom. The average molecular weight is 216 g/mol. The molecule has 0 aliphatic heterocycles. The van der Waals surface area contributed by atoms with E-state index in [1.54, 1.807) is 14.2 Å². The lowest BCUT2D eigenvalue weighted by atomic mass is 10.4. The molecule has 1 rings (SSSR count). The third-order valence-corrected chi connectivity index (χ3v) is 2.35. The number of nitrogens with one attached hydrogen (secondary N) is 2. The molecule has 5 nitrogen and oxygen atoms in total. The molecule has 0 unspecified atom stereocenters. The number of hydrogen-bond donors (Lipinski definition) is 2. The van der Waals surface area contributed by atoms with Crippen molar-refractivity contribution in [2.24, 2.45) is 0 Å². The SMILES string of the molecule is COC(CNC(=O)CCNC1CC1)OC. The number of ether oxygens (including phenoxy) is 2. The van der Waals surface area contributed by atoms with Crippen molar-refractivity contribution >= 4 is 5.91 Å². The number of carbonyl (C=O) groups excluding carboxylic acids is 1. The summed E-state index contributed by atoms with van der Waals surface area (Å²) in [6.07, 6.45) is 2.65. The molecule has 5 heteroatoms. The Morgan fingerprint density at radius 2 is 2.07 bits per heavy atom. The van der Waals surface area contributed by atoms with Crippen LogP contribution in [0.5, 0.6) is 0 Å². The van der Waals surface area contributed by atoms with Gasteiger partial charge in [0.25, 0.3) is 0 Å². The fourth-order valence-electron chi connectivity index (χ4n) is 1.23. The van der Waals surface area contributed by atoms with Gasteiger partial charge in [0, 0.05) is 33.2 Å². The summed E-state index contributed by atoms with van der Waals surface area (Å²) in [6.45, 7) is 1.15. The molecule has 0 bridgehead atoms. The van der Waals surface area contributed by atoms with Gasteiger partial charge < -0.3 is 20.1 Å². The summed E-state index contributed by atoms with van der Waals surface area (Å²) < 4.78 is 9.90. The average Bonchev–Trinajstić information content (AvgIpc) is 3.03. The second-order valence-corrected chi connectivity index (χ2v) is 3.68. The van der Waals surface area contributed by atoms with E-state index in [1.807, 2.05) is 0 Å². The van der Waals surface area contributed by atoms with Gasteiger partial charge in [-0.25, -0.2) is 0 Å². The van der Waals surface area contributed by atoms with Crippen molar-refractivity contribution in [3.05, 3.63) is 0 Å². The molecule has 1 fully saturated rings. The van der Waals surface area contributed by atoms with Gasteiger partial charge in [-0.15, -0.1) is 0 Å². The third kappa shape index (κ3) is 5.71. The van der Waals surface area contributed by atoms with Crippen LogP contribution in [-0.4, -0.2) is 45.5 Å². The molecule has 1 aliphatic rings. The minimum atomic E-state index is -0.356. The van der Waals surface area contributed by atoms with Crippen LogP contribution in [0.2, 0.25) is 0 Å². The van der Waals surface area contributed by atoms with Gasteiger partial charge >= 0.3 is 0 Å². The van der Waals surface area contributed by atoms with E-state index >= 15 is 0 Å². The smallest absolute Gasteiger partial charge is 0.221 e. The van der Waals surface area contributed by atoms with Crippen LogP contribution in [0, 0.1) is 0 Å². The summed E-state index contributed by atoms with van der Waals surface area (Å²) in [7, 11) is 3.10. The molecule has 1 aliphatic carbocycles. The van der Waals surface area contributed by atoms with Gasteiger partial charge in [0.1, 0.15) is 0 Å². The largest absolute Gasteiger partial charge is 0.354 e. The molecule has 0 aromatic rings. The van der Waals surface area contributed by atoms with Gasteiger partial charge in [-0.3, -0.25) is 4.79 Å². The number of hydrogen-bond acceptors (Lipinski definition) is 4. The Labute approximate surface area is 90.5 Å². The minimum absolute atomic E-state index is 0.0299. The van der Waals surface area contributed by atoms with Crippen LogP contribution >= 0.6 is 0 Å². The molecule has 1 saturated carbocycles. The Hall–Kier alpha value is -0.650. The fraction of sp³-hybridized carbons (Fsp3) is 0.900. The van der Waals surface area contributed by atoms with Crippen molar-refractivity contribution in [2.75, 3.05) is 27.3 Å². The van der Waals surface area contributed by atoms with Gasteiger partial charge in [-0.05, 0) is 12.8 Å². The van der Waals surface area contributed by atoms with Crippen molar-refractivity contribution < 1.29 is 14.3 Å². The van der Waals surface area contributed by atoms with Crippen molar-refractivity contribution in [1.29, 1.82) is 0 Å². The number of amides is 1. The Kier molecular flexibility index (Phi) is 5.60. The van der Waals surface area contributed by atoms with Crippen LogP contribution in [0.25, 0.3) is 0 Å². The molecule has 0 heterocycles. The zero-order chi connectivity index (χ0) is 11.1. The van der Waals surface area contributed by atoms with Crippen LogP contribution < -0.4 is 10.6 Å². The number of rotatable bonds is 8. The predicted molar refractivity (Wildman–Crippen MR) is 56.5 cm³/mol. The van der Waals surface area contributed by atoms with Gasteiger partial charge in [0.15, 0.2) is 6.29 Å². The second-order valence-electron chi connectivity index (χ2n) is 3.68. The maximum atomic E-state index is 11.3. The highest BCUT2D eigenvalue weighted by Gasteiger charge is 2.20. The molecule has 0 spiro atoms. The van der Waals surface area contributed by atoms with Gasteiger partial charge in [0.2, 0.25) is 5.91 Å². The third-order valence-electron chi connectivity index (χ3n) is 2.35. The summed E-state index contributed by atoms with van der Waals surface area (Å²) in [5.74, 6) is 0.0299. The zero-order valence-corrected chi connectivity index (χ0v) is 9.41. The number of methoxy groups -OCH3 is 2. The van der Waals surface area contributed by atoms with Crippen molar-refractivity contribution in [1.82, 2.24) is 10.6 Å². The lowest BCUT2D eigenvalue weighted by Gasteiger charge is -2.13. The van der Waals surface area contributed by atoms with Crippen molar-refractivity contribution in [3.63, 3.8) is 0 Å². The van der Waals surface area contributed by atoms with E-state index in [2.05, 4.69) is 10.6 Å². The summed E-state index contributed by atoms with van der Waals surface area (Å²) >= 11 is 0. The van der Waals surface area contributed by atoms with E-state index in [-0.39, 0.29) is 12.2 Å².